The summed E-state index contributed by atoms with van der Waals surface area (Å²) in [6, 6.07) is 7.67. The Balaban J connectivity index is 2.35. The summed E-state index contributed by atoms with van der Waals surface area (Å²) in [5.41, 5.74) is 1.02. The van der Waals surface area contributed by atoms with Crippen LogP contribution in [0, 0.1) is 0 Å². The van der Waals surface area contributed by atoms with Crippen LogP contribution in [0.4, 0.5) is 0 Å². The molecule has 1 rings (SSSR count). The molecule has 6 nitrogen and oxygen atoms in total. The Bertz CT molecular complexity index is 620. The van der Waals surface area contributed by atoms with E-state index in [2.05, 4.69) is 10.3 Å². The van der Waals surface area contributed by atoms with Gasteiger partial charge in [0.2, 0.25) is 0 Å². The smallest absolute Gasteiger partial charge is 0.193 e. The lowest BCUT2D eigenvalue weighted by Gasteiger charge is -2.22. The highest BCUT2D eigenvalue weighted by atomic mass is 35.5. The van der Waals surface area contributed by atoms with Gasteiger partial charge in [-0.05, 0) is 11.6 Å². The van der Waals surface area contributed by atoms with Crippen molar-refractivity contribution in [2.75, 3.05) is 45.9 Å². The average Bonchev–Trinajstić information content (AvgIpc) is 2.47. The van der Waals surface area contributed by atoms with Crippen LogP contribution in [0.1, 0.15) is 5.56 Å². The second kappa shape index (κ2) is 9.75. The van der Waals surface area contributed by atoms with Gasteiger partial charge in [0.05, 0.1) is 19.0 Å². The summed E-state index contributed by atoms with van der Waals surface area (Å²) in [5, 5.41) is 3.89. The monoisotopic (exact) mass is 361 g/mol. The van der Waals surface area contributed by atoms with Crippen molar-refractivity contribution in [1.29, 1.82) is 0 Å². The highest BCUT2D eigenvalue weighted by Gasteiger charge is 2.08. The second-order valence-electron chi connectivity index (χ2n) is 5.16. The molecule has 0 unspecified atom stereocenters. The molecule has 1 N–H and O–H groups in total. The number of halogens is 1. The first-order valence-electron chi connectivity index (χ1n) is 7.24. The normalized spacial score (nSPS) is 12.3. The third kappa shape index (κ3) is 8.20. The standard InChI is InChI=1S/C15H24ClN3O3S/c1-17-15(18-8-9-22-10-11-23(3,20)21)19(2)12-13-6-4-5-7-14(13)16/h4-7H,8-12H2,1-3H3,(H,17,18). The number of hydrogen-bond donors (Lipinski definition) is 1. The van der Waals surface area contributed by atoms with E-state index in [9.17, 15) is 8.42 Å². The first-order valence-corrected chi connectivity index (χ1v) is 9.68. The number of ether oxygens (including phenoxy) is 1. The second-order valence-corrected chi connectivity index (χ2v) is 7.83. The van der Waals surface area contributed by atoms with Crippen LogP contribution < -0.4 is 5.32 Å². The van der Waals surface area contributed by atoms with Gasteiger partial charge >= 0.3 is 0 Å². The number of sulfone groups is 1. The molecule has 0 bridgehead atoms. The van der Waals surface area contributed by atoms with Crippen LogP contribution in [-0.2, 0) is 21.1 Å². The topological polar surface area (TPSA) is 71.0 Å². The summed E-state index contributed by atoms with van der Waals surface area (Å²) in [6.45, 7) is 1.79. The third-order valence-corrected chi connectivity index (χ3v) is 4.34. The van der Waals surface area contributed by atoms with Crippen molar-refractivity contribution >= 4 is 27.4 Å². The lowest BCUT2D eigenvalue weighted by molar-refractivity contribution is 0.153. The summed E-state index contributed by atoms with van der Waals surface area (Å²) in [4.78, 5) is 6.16. The zero-order valence-electron chi connectivity index (χ0n) is 13.8. The number of nitrogens with zero attached hydrogens (tertiary/aromatic N) is 2. The van der Waals surface area contributed by atoms with Gasteiger partial charge in [0.1, 0.15) is 9.84 Å². The van der Waals surface area contributed by atoms with E-state index in [1.54, 1.807) is 7.05 Å². The van der Waals surface area contributed by atoms with Gasteiger partial charge in [0, 0.05) is 38.5 Å². The molecule has 8 heteroatoms. The molecule has 0 heterocycles. The minimum Gasteiger partial charge on any atom is -0.379 e. The minimum absolute atomic E-state index is 0.0358. The Labute approximate surface area is 143 Å². The van der Waals surface area contributed by atoms with E-state index < -0.39 is 9.84 Å². The summed E-state index contributed by atoms with van der Waals surface area (Å²) < 4.78 is 27.2. The Hall–Kier alpha value is -1.31. The van der Waals surface area contributed by atoms with Crippen molar-refractivity contribution in [1.82, 2.24) is 10.2 Å². The van der Waals surface area contributed by atoms with Crippen LogP contribution in [0.2, 0.25) is 5.02 Å². The van der Waals surface area contributed by atoms with Crippen LogP contribution in [0.5, 0.6) is 0 Å². The zero-order valence-corrected chi connectivity index (χ0v) is 15.3. The van der Waals surface area contributed by atoms with Gasteiger partial charge in [-0.2, -0.15) is 0 Å². The lowest BCUT2D eigenvalue weighted by Crippen LogP contribution is -2.40. The van der Waals surface area contributed by atoms with E-state index in [4.69, 9.17) is 16.3 Å². The van der Waals surface area contributed by atoms with Crippen LogP contribution in [0.3, 0.4) is 0 Å². The number of benzene rings is 1. The fourth-order valence-electron chi connectivity index (χ4n) is 1.89. The van der Waals surface area contributed by atoms with Crippen molar-refractivity contribution in [2.24, 2.45) is 4.99 Å². The van der Waals surface area contributed by atoms with E-state index in [0.717, 1.165) is 16.5 Å². The van der Waals surface area contributed by atoms with E-state index in [0.29, 0.717) is 19.7 Å². The third-order valence-electron chi connectivity index (χ3n) is 3.07. The summed E-state index contributed by atoms with van der Waals surface area (Å²) >= 11 is 6.16. The largest absolute Gasteiger partial charge is 0.379 e. The molecule has 130 valence electrons. The molecular weight excluding hydrogens is 338 g/mol. The Morgan fingerprint density at radius 3 is 2.65 bits per heavy atom. The molecule has 0 aliphatic rings. The summed E-state index contributed by atoms with van der Waals surface area (Å²) in [5.74, 6) is 0.755. The number of hydrogen-bond acceptors (Lipinski definition) is 4. The molecule has 0 saturated heterocycles. The van der Waals surface area contributed by atoms with Crippen LogP contribution >= 0.6 is 11.6 Å². The van der Waals surface area contributed by atoms with Gasteiger partial charge in [-0.1, -0.05) is 29.8 Å². The summed E-state index contributed by atoms with van der Waals surface area (Å²) in [7, 11) is 0.650. The molecule has 0 aliphatic heterocycles. The van der Waals surface area contributed by atoms with Crippen molar-refractivity contribution in [2.45, 2.75) is 6.54 Å². The molecule has 1 aromatic rings. The van der Waals surface area contributed by atoms with Crippen molar-refractivity contribution in [3.05, 3.63) is 34.9 Å². The predicted octanol–water partition coefficient (Wildman–Crippen LogP) is 1.41. The quantitative estimate of drug-likeness (QED) is 0.430. The van der Waals surface area contributed by atoms with Gasteiger partial charge in [-0.25, -0.2) is 8.42 Å². The van der Waals surface area contributed by atoms with Crippen molar-refractivity contribution in [3.63, 3.8) is 0 Å². The average molecular weight is 362 g/mol. The maximum absolute atomic E-state index is 11.0. The van der Waals surface area contributed by atoms with E-state index in [1.165, 1.54) is 6.26 Å². The van der Waals surface area contributed by atoms with E-state index >= 15 is 0 Å². The first kappa shape index (κ1) is 19.7. The number of rotatable bonds is 8. The molecule has 0 saturated carbocycles. The number of aliphatic imine (C=N–C) groups is 1. The molecule has 23 heavy (non-hydrogen) atoms. The lowest BCUT2D eigenvalue weighted by atomic mass is 10.2. The molecule has 0 amide bonds. The van der Waals surface area contributed by atoms with E-state index in [1.807, 2.05) is 36.2 Å². The van der Waals surface area contributed by atoms with Gasteiger partial charge in [-0.3, -0.25) is 4.99 Å². The van der Waals surface area contributed by atoms with Gasteiger partial charge in [0.15, 0.2) is 5.96 Å². The Kier molecular flexibility index (Phi) is 8.36. The minimum atomic E-state index is -2.97. The molecule has 1 aromatic carbocycles. The zero-order chi connectivity index (χ0) is 17.3. The summed E-state index contributed by atoms with van der Waals surface area (Å²) in [6.07, 6.45) is 1.19. The van der Waals surface area contributed by atoms with E-state index in [-0.39, 0.29) is 12.4 Å². The molecule has 0 aromatic heterocycles. The van der Waals surface area contributed by atoms with Gasteiger partial charge in [0.25, 0.3) is 0 Å². The van der Waals surface area contributed by atoms with Crippen molar-refractivity contribution < 1.29 is 13.2 Å². The molecule has 0 spiro atoms. The van der Waals surface area contributed by atoms with Crippen molar-refractivity contribution in [3.8, 4) is 0 Å². The number of nitrogens with one attached hydrogen (secondary N) is 1. The predicted molar refractivity (Wildman–Crippen MR) is 94.8 cm³/mol. The van der Waals surface area contributed by atoms with Crippen LogP contribution in [-0.4, -0.2) is 65.1 Å². The van der Waals surface area contributed by atoms with Crippen LogP contribution in [0.25, 0.3) is 0 Å². The molecule has 0 atom stereocenters. The first-order chi connectivity index (χ1) is 10.8. The molecular formula is C15H24ClN3O3S. The molecule has 0 radical (unpaired) electrons. The maximum Gasteiger partial charge on any atom is 0.193 e. The van der Waals surface area contributed by atoms with Gasteiger partial charge < -0.3 is 15.0 Å². The fraction of sp³-hybridized carbons (Fsp3) is 0.533. The fourth-order valence-corrected chi connectivity index (χ4v) is 2.51. The van der Waals surface area contributed by atoms with Crippen LogP contribution in [0.15, 0.2) is 29.3 Å². The Morgan fingerprint density at radius 1 is 1.35 bits per heavy atom. The Morgan fingerprint density at radius 2 is 2.04 bits per heavy atom. The van der Waals surface area contributed by atoms with Gasteiger partial charge in [-0.15, -0.1) is 0 Å². The molecule has 0 fully saturated rings. The highest BCUT2D eigenvalue weighted by Crippen LogP contribution is 2.16. The SMILES string of the molecule is CN=C(NCCOCCS(C)(=O)=O)N(C)Cc1ccccc1Cl. The maximum atomic E-state index is 11.0. The molecule has 0 aliphatic carbocycles. The highest BCUT2D eigenvalue weighted by molar-refractivity contribution is 7.90. The number of guanidine groups is 1.